The first-order valence-electron chi connectivity index (χ1n) is 7.49. The molecule has 0 N–H and O–H groups in total. The molecule has 1 aliphatic carbocycles. The van der Waals surface area contributed by atoms with E-state index in [0.717, 1.165) is 12.2 Å². The average molecular weight is 345 g/mol. The van der Waals surface area contributed by atoms with Crippen LogP contribution in [0.1, 0.15) is 24.0 Å². The van der Waals surface area contributed by atoms with Crippen molar-refractivity contribution in [3.05, 3.63) is 59.3 Å². The van der Waals surface area contributed by atoms with Crippen LogP contribution in [-0.2, 0) is 16.1 Å². The summed E-state index contributed by atoms with van der Waals surface area (Å²) in [5.74, 6) is 1.00. The second-order valence-corrected chi connectivity index (χ2v) is 5.96. The van der Waals surface area contributed by atoms with Gasteiger partial charge in [-0.05, 0) is 30.7 Å². The van der Waals surface area contributed by atoms with E-state index in [1.807, 2.05) is 24.3 Å². The number of halogens is 1. The zero-order valence-corrected chi connectivity index (χ0v) is 13.3. The molecule has 1 aromatic carbocycles. The Morgan fingerprint density at radius 2 is 2.12 bits per heavy atom. The van der Waals surface area contributed by atoms with E-state index in [-0.39, 0.29) is 30.3 Å². The highest BCUT2D eigenvalue weighted by atomic mass is 35.5. The number of carbonyl (C=O) groups is 1. The summed E-state index contributed by atoms with van der Waals surface area (Å²) in [6, 6.07) is 10.8. The zero-order valence-electron chi connectivity index (χ0n) is 12.5. The third-order valence-corrected chi connectivity index (χ3v) is 4.24. The molecule has 0 bridgehead atoms. The molecule has 1 aliphatic rings. The van der Waals surface area contributed by atoms with Crippen LogP contribution in [0.5, 0.6) is 0 Å². The van der Waals surface area contributed by atoms with Gasteiger partial charge >= 0.3 is 5.97 Å². The van der Waals surface area contributed by atoms with Gasteiger partial charge in [0.05, 0.1) is 22.8 Å². The van der Waals surface area contributed by atoms with Crippen molar-refractivity contribution < 1.29 is 18.4 Å². The maximum Gasteiger partial charge on any atom is 0.310 e. The van der Waals surface area contributed by atoms with Gasteiger partial charge in [-0.1, -0.05) is 23.7 Å². The molecule has 122 valence electrons. The molecule has 1 saturated carbocycles. The topological polar surface area (TPSA) is 78.4 Å². The zero-order chi connectivity index (χ0) is 16.5. The molecule has 0 spiro atoms. The highest BCUT2D eigenvalue weighted by molar-refractivity contribution is 6.33. The summed E-state index contributed by atoms with van der Waals surface area (Å²) in [4.78, 5) is 12.0. The standard InChI is InChI=1S/C17H13ClN2O4/c18-13-5-2-1-4-10(13)16-20-19-15(24-16)9-23-17(21)12-8-11(12)14-6-3-7-22-14/h1-7,11-12H,8-9H2. The first kappa shape index (κ1) is 15.0. The van der Waals surface area contributed by atoms with Crippen LogP contribution in [0.2, 0.25) is 5.02 Å². The van der Waals surface area contributed by atoms with Crippen LogP contribution in [0.15, 0.2) is 51.5 Å². The lowest BCUT2D eigenvalue weighted by Gasteiger charge is -2.00. The van der Waals surface area contributed by atoms with Gasteiger partial charge in [0.1, 0.15) is 5.76 Å². The minimum Gasteiger partial charge on any atom is -0.469 e. The Morgan fingerprint density at radius 1 is 1.25 bits per heavy atom. The third-order valence-electron chi connectivity index (χ3n) is 3.91. The number of rotatable bonds is 5. The van der Waals surface area contributed by atoms with Gasteiger partial charge in [0.15, 0.2) is 6.61 Å². The Labute approximate surface area is 142 Å². The number of ether oxygens (including phenoxy) is 1. The first-order chi connectivity index (χ1) is 11.7. The summed E-state index contributed by atoms with van der Waals surface area (Å²) >= 11 is 6.09. The van der Waals surface area contributed by atoms with E-state index in [2.05, 4.69) is 10.2 Å². The number of esters is 1. The molecule has 2 atom stereocenters. The summed E-state index contributed by atoms with van der Waals surface area (Å²) in [7, 11) is 0. The minimum atomic E-state index is -0.283. The second-order valence-electron chi connectivity index (χ2n) is 5.55. The van der Waals surface area contributed by atoms with E-state index in [4.69, 9.17) is 25.2 Å². The smallest absolute Gasteiger partial charge is 0.310 e. The van der Waals surface area contributed by atoms with Gasteiger partial charge in [-0.3, -0.25) is 4.79 Å². The van der Waals surface area contributed by atoms with E-state index >= 15 is 0 Å². The Morgan fingerprint density at radius 3 is 2.92 bits per heavy atom. The van der Waals surface area contributed by atoms with Gasteiger partial charge in [-0.15, -0.1) is 10.2 Å². The number of nitrogens with zero attached hydrogens (tertiary/aromatic N) is 2. The number of hydrogen-bond acceptors (Lipinski definition) is 6. The van der Waals surface area contributed by atoms with Crippen LogP contribution in [0, 0.1) is 5.92 Å². The maximum atomic E-state index is 12.0. The molecule has 4 rings (SSSR count). The molecule has 2 heterocycles. The van der Waals surface area contributed by atoms with Crippen LogP contribution in [-0.4, -0.2) is 16.2 Å². The first-order valence-corrected chi connectivity index (χ1v) is 7.87. The van der Waals surface area contributed by atoms with Crippen molar-refractivity contribution in [2.45, 2.75) is 18.9 Å². The molecule has 0 amide bonds. The Balaban J connectivity index is 1.36. The average Bonchev–Trinajstić information content (AvgIpc) is 3.00. The lowest BCUT2D eigenvalue weighted by atomic mass is 10.2. The number of furan rings is 1. The monoisotopic (exact) mass is 344 g/mol. The van der Waals surface area contributed by atoms with E-state index in [9.17, 15) is 4.79 Å². The molecular formula is C17H13ClN2O4. The number of benzene rings is 1. The van der Waals surface area contributed by atoms with Crippen LogP contribution < -0.4 is 0 Å². The largest absolute Gasteiger partial charge is 0.469 e. The SMILES string of the molecule is O=C(OCc1nnc(-c2ccccc2Cl)o1)C1CC1c1ccco1. The third kappa shape index (κ3) is 2.92. The van der Waals surface area contributed by atoms with Crippen LogP contribution in [0.4, 0.5) is 0 Å². The molecule has 2 unspecified atom stereocenters. The van der Waals surface area contributed by atoms with Crippen molar-refractivity contribution in [1.29, 1.82) is 0 Å². The van der Waals surface area contributed by atoms with Crippen LogP contribution in [0.25, 0.3) is 11.5 Å². The maximum absolute atomic E-state index is 12.0. The summed E-state index contributed by atoms with van der Waals surface area (Å²) in [6.45, 7) is -0.0579. The molecule has 24 heavy (non-hydrogen) atoms. The van der Waals surface area contributed by atoms with Gasteiger partial charge < -0.3 is 13.6 Å². The lowest BCUT2D eigenvalue weighted by molar-refractivity contribution is -0.147. The van der Waals surface area contributed by atoms with Gasteiger partial charge in [0.2, 0.25) is 5.89 Å². The van der Waals surface area contributed by atoms with Crippen molar-refractivity contribution in [2.75, 3.05) is 0 Å². The van der Waals surface area contributed by atoms with Crippen molar-refractivity contribution in [3.8, 4) is 11.5 Å². The number of aromatic nitrogens is 2. The van der Waals surface area contributed by atoms with Crippen molar-refractivity contribution >= 4 is 17.6 Å². The van der Waals surface area contributed by atoms with Gasteiger partial charge in [-0.2, -0.15) is 0 Å². The summed E-state index contributed by atoms with van der Waals surface area (Å²) < 4.78 is 16.1. The summed E-state index contributed by atoms with van der Waals surface area (Å²) in [6.07, 6.45) is 2.34. The van der Waals surface area contributed by atoms with Crippen molar-refractivity contribution in [2.24, 2.45) is 5.92 Å². The number of carbonyl (C=O) groups excluding carboxylic acids is 1. The molecule has 3 aromatic rings. The minimum absolute atomic E-state index is 0.0579. The van der Waals surface area contributed by atoms with E-state index in [1.54, 1.807) is 18.4 Å². The van der Waals surface area contributed by atoms with E-state index in [0.29, 0.717) is 16.5 Å². The van der Waals surface area contributed by atoms with Crippen LogP contribution >= 0.6 is 11.6 Å². The second kappa shape index (κ2) is 6.13. The predicted molar refractivity (Wildman–Crippen MR) is 84.1 cm³/mol. The Hall–Kier alpha value is -2.60. The van der Waals surface area contributed by atoms with Gasteiger partial charge in [0.25, 0.3) is 5.89 Å². The van der Waals surface area contributed by atoms with Crippen molar-refractivity contribution in [1.82, 2.24) is 10.2 Å². The molecular weight excluding hydrogens is 332 g/mol. The van der Waals surface area contributed by atoms with Gasteiger partial charge in [-0.25, -0.2) is 0 Å². The van der Waals surface area contributed by atoms with Crippen LogP contribution in [0.3, 0.4) is 0 Å². The molecule has 0 aliphatic heterocycles. The van der Waals surface area contributed by atoms with E-state index < -0.39 is 0 Å². The normalized spacial score (nSPS) is 19.2. The molecule has 2 aromatic heterocycles. The summed E-state index contributed by atoms with van der Waals surface area (Å²) in [5, 5.41) is 8.33. The van der Waals surface area contributed by atoms with E-state index in [1.165, 1.54) is 0 Å². The quantitative estimate of drug-likeness (QED) is 0.654. The fourth-order valence-corrected chi connectivity index (χ4v) is 2.78. The highest BCUT2D eigenvalue weighted by Crippen LogP contribution is 2.48. The van der Waals surface area contributed by atoms with Gasteiger partial charge in [0, 0.05) is 5.92 Å². The highest BCUT2D eigenvalue weighted by Gasteiger charge is 2.47. The van der Waals surface area contributed by atoms with Crippen molar-refractivity contribution in [3.63, 3.8) is 0 Å². The predicted octanol–water partition coefficient (Wildman–Crippen LogP) is 3.83. The fourth-order valence-electron chi connectivity index (χ4n) is 2.57. The Bertz CT molecular complexity index is 859. The molecule has 0 saturated heterocycles. The molecule has 6 nitrogen and oxygen atoms in total. The molecule has 7 heteroatoms. The summed E-state index contributed by atoms with van der Waals surface area (Å²) in [5.41, 5.74) is 0.643. The lowest BCUT2D eigenvalue weighted by Crippen LogP contribution is -2.08. The Kier molecular flexibility index (Phi) is 3.82. The number of hydrogen-bond donors (Lipinski definition) is 0. The molecule has 0 radical (unpaired) electrons. The molecule has 1 fully saturated rings. The fraction of sp³-hybridized carbons (Fsp3) is 0.235.